The van der Waals surface area contributed by atoms with Crippen molar-refractivity contribution < 1.29 is 9.66 Å². The molecule has 0 fully saturated rings. The number of aromatic nitrogens is 1. The standard InChI is InChI=1S/C13H11BrN2O3/c14-7-10-3-4-12(16(17)18)13(6-10)19-9-11-2-1-5-15-8-11/h1-6,8H,7,9H2. The van der Waals surface area contributed by atoms with E-state index in [1.54, 1.807) is 30.6 Å². The lowest BCUT2D eigenvalue weighted by Gasteiger charge is -2.07. The van der Waals surface area contributed by atoms with Crippen molar-refractivity contribution in [1.82, 2.24) is 4.98 Å². The van der Waals surface area contributed by atoms with Crippen LogP contribution in [0.3, 0.4) is 0 Å². The van der Waals surface area contributed by atoms with Gasteiger partial charge in [-0.2, -0.15) is 0 Å². The minimum Gasteiger partial charge on any atom is -0.482 e. The molecule has 0 N–H and O–H groups in total. The summed E-state index contributed by atoms with van der Waals surface area (Å²) in [6.45, 7) is 0.250. The minimum absolute atomic E-state index is 0.0337. The van der Waals surface area contributed by atoms with E-state index >= 15 is 0 Å². The summed E-state index contributed by atoms with van der Waals surface area (Å²) in [6, 6.07) is 8.47. The molecular weight excluding hydrogens is 312 g/mol. The van der Waals surface area contributed by atoms with E-state index in [4.69, 9.17) is 4.74 Å². The Labute approximate surface area is 118 Å². The second kappa shape index (κ2) is 6.29. The fourth-order valence-electron chi connectivity index (χ4n) is 1.55. The maximum atomic E-state index is 10.9. The zero-order valence-electron chi connectivity index (χ0n) is 9.95. The number of nitro benzene ring substituents is 1. The summed E-state index contributed by atoms with van der Waals surface area (Å²) in [5.41, 5.74) is 1.75. The van der Waals surface area contributed by atoms with Gasteiger partial charge in [0.05, 0.1) is 4.92 Å². The van der Waals surface area contributed by atoms with Crippen molar-refractivity contribution in [2.24, 2.45) is 0 Å². The molecular formula is C13H11BrN2O3. The number of nitro groups is 1. The van der Waals surface area contributed by atoms with Crippen molar-refractivity contribution in [2.45, 2.75) is 11.9 Å². The molecule has 0 unspecified atom stereocenters. The summed E-state index contributed by atoms with van der Waals surface area (Å²) < 4.78 is 5.52. The second-order valence-electron chi connectivity index (χ2n) is 3.84. The third kappa shape index (κ3) is 3.51. The molecule has 2 aromatic rings. The fourth-order valence-corrected chi connectivity index (χ4v) is 1.90. The van der Waals surface area contributed by atoms with E-state index < -0.39 is 4.92 Å². The Hall–Kier alpha value is -1.95. The first-order chi connectivity index (χ1) is 9.20. The van der Waals surface area contributed by atoms with Gasteiger partial charge in [-0.15, -0.1) is 0 Å². The van der Waals surface area contributed by atoms with Crippen molar-refractivity contribution in [1.29, 1.82) is 0 Å². The average Bonchev–Trinajstić information content (AvgIpc) is 2.45. The first kappa shape index (κ1) is 13.5. The number of ether oxygens (including phenoxy) is 1. The van der Waals surface area contributed by atoms with E-state index in [0.717, 1.165) is 11.1 Å². The molecule has 0 bridgehead atoms. The number of benzene rings is 1. The smallest absolute Gasteiger partial charge is 0.310 e. The number of hydrogen-bond donors (Lipinski definition) is 0. The van der Waals surface area contributed by atoms with Crippen molar-refractivity contribution in [3.8, 4) is 5.75 Å². The third-order valence-corrected chi connectivity index (χ3v) is 3.14. The lowest BCUT2D eigenvalue weighted by molar-refractivity contribution is -0.386. The Balaban J connectivity index is 2.20. The maximum Gasteiger partial charge on any atom is 0.310 e. The minimum atomic E-state index is -0.448. The Morgan fingerprint density at radius 3 is 2.79 bits per heavy atom. The van der Waals surface area contributed by atoms with E-state index in [1.165, 1.54) is 6.07 Å². The number of hydrogen-bond acceptors (Lipinski definition) is 4. The summed E-state index contributed by atoms with van der Waals surface area (Å²) in [6.07, 6.45) is 3.33. The van der Waals surface area contributed by atoms with Gasteiger partial charge in [-0.05, 0) is 17.7 Å². The molecule has 0 aliphatic heterocycles. The molecule has 0 amide bonds. The molecule has 98 valence electrons. The summed E-state index contributed by atoms with van der Waals surface area (Å²) in [7, 11) is 0. The van der Waals surface area contributed by atoms with Crippen LogP contribution in [0, 0.1) is 10.1 Å². The van der Waals surface area contributed by atoms with E-state index in [9.17, 15) is 10.1 Å². The predicted octanol–water partition coefficient (Wildman–Crippen LogP) is 3.46. The molecule has 1 aromatic heterocycles. The molecule has 0 spiro atoms. The number of alkyl halides is 1. The average molecular weight is 323 g/mol. The molecule has 6 heteroatoms. The fraction of sp³-hybridized carbons (Fsp3) is 0.154. The van der Waals surface area contributed by atoms with Crippen LogP contribution in [0.25, 0.3) is 0 Å². The monoisotopic (exact) mass is 322 g/mol. The van der Waals surface area contributed by atoms with Crippen LogP contribution in [0.1, 0.15) is 11.1 Å². The Morgan fingerprint density at radius 1 is 1.32 bits per heavy atom. The highest BCUT2D eigenvalue weighted by molar-refractivity contribution is 9.08. The van der Waals surface area contributed by atoms with Gasteiger partial charge in [0.25, 0.3) is 0 Å². The van der Waals surface area contributed by atoms with E-state index in [2.05, 4.69) is 20.9 Å². The Morgan fingerprint density at radius 2 is 2.16 bits per heavy atom. The van der Waals surface area contributed by atoms with Crippen molar-refractivity contribution in [3.63, 3.8) is 0 Å². The zero-order valence-corrected chi connectivity index (χ0v) is 11.5. The first-order valence-corrected chi connectivity index (χ1v) is 6.68. The van der Waals surface area contributed by atoms with Crippen LogP contribution in [-0.4, -0.2) is 9.91 Å². The van der Waals surface area contributed by atoms with Crippen molar-refractivity contribution >= 4 is 21.6 Å². The number of pyridine rings is 1. The molecule has 1 aromatic carbocycles. The van der Waals surface area contributed by atoms with Gasteiger partial charge in [0.2, 0.25) is 0 Å². The van der Waals surface area contributed by atoms with Crippen LogP contribution in [0.5, 0.6) is 5.75 Å². The normalized spacial score (nSPS) is 10.2. The topological polar surface area (TPSA) is 65.3 Å². The van der Waals surface area contributed by atoms with Crippen LogP contribution in [0.2, 0.25) is 0 Å². The van der Waals surface area contributed by atoms with Gasteiger partial charge in [-0.25, -0.2) is 0 Å². The van der Waals surface area contributed by atoms with Crippen molar-refractivity contribution in [3.05, 3.63) is 64.0 Å². The highest BCUT2D eigenvalue weighted by atomic mass is 79.9. The van der Waals surface area contributed by atoms with Gasteiger partial charge in [0.15, 0.2) is 5.75 Å². The number of nitrogens with zero attached hydrogens (tertiary/aromatic N) is 2. The van der Waals surface area contributed by atoms with Crippen LogP contribution < -0.4 is 4.74 Å². The van der Waals surface area contributed by atoms with Gasteiger partial charge in [-0.3, -0.25) is 15.1 Å². The molecule has 1 heterocycles. The lowest BCUT2D eigenvalue weighted by atomic mass is 10.2. The molecule has 0 aliphatic rings. The van der Waals surface area contributed by atoms with Crippen LogP contribution in [0.4, 0.5) is 5.69 Å². The summed E-state index contributed by atoms with van der Waals surface area (Å²) in [5.74, 6) is 0.269. The lowest BCUT2D eigenvalue weighted by Crippen LogP contribution is -2.00. The molecule has 5 nitrogen and oxygen atoms in total. The SMILES string of the molecule is O=[N+]([O-])c1ccc(CBr)cc1OCc1cccnc1. The van der Waals surface area contributed by atoms with Gasteiger partial charge in [0, 0.05) is 29.4 Å². The third-order valence-electron chi connectivity index (χ3n) is 2.49. The van der Waals surface area contributed by atoms with Gasteiger partial charge in [0.1, 0.15) is 6.61 Å². The van der Waals surface area contributed by atoms with Gasteiger partial charge >= 0.3 is 5.69 Å². The van der Waals surface area contributed by atoms with Crippen molar-refractivity contribution in [2.75, 3.05) is 0 Å². The Bertz CT molecular complexity index is 575. The molecule has 0 radical (unpaired) electrons. The summed E-state index contributed by atoms with van der Waals surface area (Å²) >= 11 is 3.31. The molecule has 0 atom stereocenters. The largest absolute Gasteiger partial charge is 0.482 e. The molecule has 19 heavy (non-hydrogen) atoms. The van der Waals surface area contributed by atoms with Crippen LogP contribution in [-0.2, 0) is 11.9 Å². The van der Waals surface area contributed by atoms with Gasteiger partial charge in [-0.1, -0.05) is 28.1 Å². The molecule has 2 rings (SSSR count). The predicted molar refractivity (Wildman–Crippen MR) is 74.3 cm³/mol. The number of halogens is 1. The highest BCUT2D eigenvalue weighted by Crippen LogP contribution is 2.29. The summed E-state index contributed by atoms with van der Waals surface area (Å²) in [5, 5.41) is 11.6. The molecule has 0 saturated heterocycles. The van der Waals surface area contributed by atoms with Crippen LogP contribution in [0.15, 0.2) is 42.7 Å². The maximum absolute atomic E-state index is 10.9. The Kier molecular flexibility index (Phi) is 4.46. The zero-order chi connectivity index (χ0) is 13.7. The quantitative estimate of drug-likeness (QED) is 0.480. The van der Waals surface area contributed by atoms with Crippen LogP contribution >= 0.6 is 15.9 Å². The van der Waals surface area contributed by atoms with E-state index in [0.29, 0.717) is 5.33 Å². The molecule has 0 saturated carbocycles. The van der Waals surface area contributed by atoms with Gasteiger partial charge < -0.3 is 4.74 Å². The molecule has 0 aliphatic carbocycles. The van der Waals surface area contributed by atoms with E-state index in [1.807, 2.05) is 6.07 Å². The first-order valence-electron chi connectivity index (χ1n) is 5.55. The summed E-state index contributed by atoms with van der Waals surface area (Å²) in [4.78, 5) is 14.5. The second-order valence-corrected chi connectivity index (χ2v) is 4.40. The number of rotatable bonds is 5. The highest BCUT2D eigenvalue weighted by Gasteiger charge is 2.15. The van der Waals surface area contributed by atoms with E-state index in [-0.39, 0.29) is 18.0 Å².